The van der Waals surface area contributed by atoms with Crippen LogP contribution in [-0.4, -0.2) is 12.1 Å². The van der Waals surface area contributed by atoms with Crippen molar-refractivity contribution in [3.8, 4) is 28.8 Å². The largest absolute Gasteiger partial charge is 0.493 e. The summed E-state index contributed by atoms with van der Waals surface area (Å²) in [6.45, 7) is 0.389. The maximum Gasteiger partial charge on any atom is 0.345 e. The number of rotatable bonds is 7. The SMILES string of the molecule is COc1ccc(/C=C(/C#N)c2nc(-c3cc4ccccc4oc3=O)cs2)cc1OCc1ccccc1. The zero-order valence-electron chi connectivity index (χ0n) is 19.3. The maximum absolute atomic E-state index is 12.5. The first kappa shape index (κ1) is 23.1. The molecule has 0 aliphatic rings. The number of para-hydroxylation sites is 1. The van der Waals surface area contributed by atoms with Crippen molar-refractivity contribution in [2.24, 2.45) is 0 Å². The normalized spacial score (nSPS) is 11.3. The van der Waals surface area contributed by atoms with Gasteiger partial charge in [0.2, 0.25) is 0 Å². The highest BCUT2D eigenvalue weighted by atomic mass is 32.1. The Morgan fingerprint density at radius 2 is 1.86 bits per heavy atom. The fraction of sp³-hybridized carbons (Fsp3) is 0.0690. The molecule has 0 bridgehead atoms. The van der Waals surface area contributed by atoms with Gasteiger partial charge in [0.05, 0.1) is 23.9 Å². The summed E-state index contributed by atoms with van der Waals surface area (Å²) in [5.74, 6) is 1.17. The molecule has 0 unspecified atom stereocenters. The van der Waals surface area contributed by atoms with Crippen LogP contribution in [-0.2, 0) is 6.61 Å². The summed E-state index contributed by atoms with van der Waals surface area (Å²) in [5.41, 5.74) is 3.04. The van der Waals surface area contributed by atoms with E-state index in [4.69, 9.17) is 13.9 Å². The highest BCUT2D eigenvalue weighted by Crippen LogP contribution is 2.32. The average molecular weight is 493 g/mol. The highest BCUT2D eigenvalue weighted by Gasteiger charge is 2.14. The van der Waals surface area contributed by atoms with Crippen LogP contribution in [0.25, 0.3) is 33.9 Å². The van der Waals surface area contributed by atoms with Crippen molar-refractivity contribution in [3.05, 3.63) is 111 Å². The van der Waals surface area contributed by atoms with Gasteiger partial charge in [-0.1, -0.05) is 54.6 Å². The van der Waals surface area contributed by atoms with E-state index in [1.807, 2.05) is 60.7 Å². The first-order valence-electron chi connectivity index (χ1n) is 11.1. The minimum atomic E-state index is -0.469. The van der Waals surface area contributed by atoms with E-state index >= 15 is 0 Å². The van der Waals surface area contributed by atoms with E-state index in [0.717, 1.165) is 16.5 Å². The van der Waals surface area contributed by atoms with Crippen LogP contribution < -0.4 is 15.1 Å². The van der Waals surface area contributed by atoms with Crippen molar-refractivity contribution in [2.75, 3.05) is 7.11 Å². The van der Waals surface area contributed by atoms with Gasteiger partial charge in [-0.15, -0.1) is 11.3 Å². The number of benzene rings is 3. The molecular weight excluding hydrogens is 472 g/mol. The molecule has 176 valence electrons. The lowest BCUT2D eigenvalue weighted by Gasteiger charge is -2.11. The minimum absolute atomic E-state index is 0.356. The van der Waals surface area contributed by atoms with Crippen molar-refractivity contribution in [3.63, 3.8) is 0 Å². The lowest BCUT2D eigenvalue weighted by molar-refractivity contribution is 0.284. The van der Waals surface area contributed by atoms with E-state index < -0.39 is 5.63 Å². The van der Waals surface area contributed by atoms with Gasteiger partial charge in [-0.05, 0) is 41.5 Å². The summed E-state index contributed by atoms with van der Waals surface area (Å²) in [5, 5.41) is 12.9. The third kappa shape index (κ3) is 4.90. The molecular formula is C29H20N2O4S. The van der Waals surface area contributed by atoms with Gasteiger partial charge in [-0.25, -0.2) is 9.78 Å². The fourth-order valence-corrected chi connectivity index (χ4v) is 4.49. The van der Waals surface area contributed by atoms with Crippen LogP contribution in [0, 0.1) is 11.3 Å². The second kappa shape index (κ2) is 10.3. The highest BCUT2D eigenvalue weighted by molar-refractivity contribution is 7.11. The Morgan fingerprint density at radius 3 is 2.67 bits per heavy atom. The topological polar surface area (TPSA) is 85.4 Å². The molecule has 0 amide bonds. The summed E-state index contributed by atoms with van der Waals surface area (Å²) in [6, 6.07) is 26.6. The van der Waals surface area contributed by atoms with Gasteiger partial charge in [-0.2, -0.15) is 5.26 Å². The monoisotopic (exact) mass is 492 g/mol. The van der Waals surface area contributed by atoms with Gasteiger partial charge >= 0.3 is 5.63 Å². The molecule has 5 rings (SSSR count). The number of thiazole rings is 1. The Balaban J connectivity index is 1.44. The molecule has 0 N–H and O–H groups in total. The van der Waals surface area contributed by atoms with Gasteiger partial charge < -0.3 is 13.9 Å². The van der Waals surface area contributed by atoms with Crippen molar-refractivity contribution in [1.29, 1.82) is 5.26 Å². The van der Waals surface area contributed by atoms with Gasteiger partial charge in [0.25, 0.3) is 0 Å². The van der Waals surface area contributed by atoms with Crippen LogP contribution >= 0.6 is 11.3 Å². The first-order chi connectivity index (χ1) is 17.6. The Hall–Kier alpha value is -4.67. The molecule has 2 aromatic heterocycles. The number of aromatic nitrogens is 1. The predicted octanol–water partition coefficient (Wildman–Crippen LogP) is 6.57. The molecule has 0 atom stereocenters. The van der Waals surface area contributed by atoms with E-state index in [0.29, 0.717) is 45.5 Å². The van der Waals surface area contributed by atoms with E-state index in [2.05, 4.69) is 11.1 Å². The van der Waals surface area contributed by atoms with Crippen LogP contribution in [0.1, 0.15) is 16.1 Å². The Bertz CT molecular complexity index is 1660. The summed E-state index contributed by atoms with van der Waals surface area (Å²) in [4.78, 5) is 17.1. The average Bonchev–Trinajstić information content (AvgIpc) is 3.40. The van der Waals surface area contributed by atoms with Crippen LogP contribution in [0.3, 0.4) is 0 Å². The molecule has 0 saturated heterocycles. The number of ether oxygens (including phenoxy) is 2. The lowest BCUT2D eigenvalue weighted by atomic mass is 10.1. The van der Waals surface area contributed by atoms with Crippen LogP contribution in [0.4, 0.5) is 0 Å². The predicted molar refractivity (Wildman–Crippen MR) is 141 cm³/mol. The molecule has 7 heteroatoms. The third-order valence-electron chi connectivity index (χ3n) is 5.51. The fourth-order valence-electron chi connectivity index (χ4n) is 3.70. The molecule has 3 aromatic carbocycles. The molecule has 6 nitrogen and oxygen atoms in total. The number of hydrogen-bond acceptors (Lipinski definition) is 7. The van der Waals surface area contributed by atoms with E-state index in [1.165, 1.54) is 11.3 Å². The van der Waals surface area contributed by atoms with Crippen LogP contribution in [0.15, 0.2) is 93.5 Å². The molecule has 0 saturated carbocycles. The zero-order valence-corrected chi connectivity index (χ0v) is 20.1. The molecule has 36 heavy (non-hydrogen) atoms. The summed E-state index contributed by atoms with van der Waals surface area (Å²) < 4.78 is 16.9. The molecule has 2 heterocycles. The zero-order chi connectivity index (χ0) is 24.9. The number of fused-ring (bicyclic) bond motifs is 1. The van der Waals surface area contributed by atoms with Crippen molar-refractivity contribution < 1.29 is 13.9 Å². The summed E-state index contributed by atoms with van der Waals surface area (Å²) in [7, 11) is 1.58. The van der Waals surface area contributed by atoms with E-state index in [1.54, 1.807) is 36.8 Å². The number of methoxy groups -OCH3 is 1. The molecule has 5 aromatic rings. The number of hydrogen-bond donors (Lipinski definition) is 0. The van der Waals surface area contributed by atoms with Gasteiger partial charge in [-0.3, -0.25) is 0 Å². The Labute approximate surface area is 211 Å². The number of nitriles is 1. The quantitative estimate of drug-likeness (QED) is 0.189. The molecule has 0 aliphatic heterocycles. The number of nitrogens with zero attached hydrogens (tertiary/aromatic N) is 2. The maximum atomic E-state index is 12.5. The van der Waals surface area contributed by atoms with Crippen molar-refractivity contribution >= 4 is 34.0 Å². The summed E-state index contributed by atoms with van der Waals surface area (Å²) >= 11 is 1.29. The van der Waals surface area contributed by atoms with E-state index in [9.17, 15) is 10.1 Å². The second-order valence-corrected chi connectivity index (χ2v) is 8.74. The Morgan fingerprint density at radius 1 is 1.06 bits per heavy atom. The smallest absolute Gasteiger partial charge is 0.345 e. The number of allylic oxidation sites excluding steroid dienone is 1. The second-order valence-electron chi connectivity index (χ2n) is 7.88. The minimum Gasteiger partial charge on any atom is -0.493 e. The van der Waals surface area contributed by atoms with E-state index in [-0.39, 0.29) is 0 Å². The van der Waals surface area contributed by atoms with Crippen molar-refractivity contribution in [1.82, 2.24) is 4.98 Å². The summed E-state index contributed by atoms with van der Waals surface area (Å²) in [6.07, 6.45) is 1.74. The standard InChI is InChI=1S/C29H20N2O4S/c1-33-26-12-11-20(14-27(26)34-17-19-7-3-2-4-8-19)13-22(16-30)28-31-24(18-36-28)23-15-21-9-5-6-10-25(21)35-29(23)32/h2-15,18H,17H2,1H3/b22-13-. The third-order valence-corrected chi connectivity index (χ3v) is 6.38. The van der Waals surface area contributed by atoms with Gasteiger partial charge in [0, 0.05) is 10.8 Å². The van der Waals surface area contributed by atoms with Crippen LogP contribution in [0.5, 0.6) is 11.5 Å². The van der Waals surface area contributed by atoms with Crippen LogP contribution in [0.2, 0.25) is 0 Å². The van der Waals surface area contributed by atoms with Gasteiger partial charge in [0.1, 0.15) is 23.3 Å². The molecule has 0 spiro atoms. The molecule has 0 radical (unpaired) electrons. The lowest BCUT2D eigenvalue weighted by Crippen LogP contribution is -2.02. The Kier molecular flexibility index (Phi) is 6.61. The first-order valence-corrected chi connectivity index (χ1v) is 12.0. The van der Waals surface area contributed by atoms with Gasteiger partial charge in [0.15, 0.2) is 11.5 Å². The molecule has 0 aliphatic carbocycles. The molecule has 0 fully saturated rings. The van der Waals surface area contributed by atoms with Crippen molar-refractivity contribution in [2.45, 2.75) is 6.61 Å².